The summed E-state index contributed by atoms with van der Waals surface area (Å²) in [5.74, 6) is -0.861. The maximum Gasteiger partial charge on any atom is 0.320 e. The van der Waals surface area contributed by atoms with Crippen molar-refractivity contribution in [3.63, 3.8) is 0 Å². The summed E-state index contributed by atoms with van der Waals surface area (Å²) in [6.45, 7) is 3.89. The number of carbonyl (C=O) groups is 1. The Morgan fingerprint density at radius 3 is 2.37 bits per heavy atom. The molecule has 3 N–H and O–H groups in total. The molecule has 0 aliphatic rings. The van der Waals surface area contributed by atoms with Gasteiger partial charge in [0.2, 0.25) is 0 Å². The zero-order valence-corrected chi connectivity index (χ0v) is 11.5. The minimum Gasteiger partial charge on any atom is -0.480 e. The molecule has 4 nitrogen and oxygen atoms in total. The fraction of sp³-hybridized carbons (Fsp3) is 0.533. The molecule has 0 radical (unpaired) electrons. The Morgan fingerprint density at radius 1 is 1.26 bits per heavy atom. The standard InChI is InChI=1S/C15H23NO3/c1-3-8-13(15(18)19)16-12(4-2)14(17)11-9-6-5-7-10-11/h5-7,9-10,12-14,16-17H,3-4,8H2,1-2H3,(H,18,19). The van der Waals surface area contributed by atoms with Crippen molar-refractivity contribution in [2.75, 3.05) is 0 Å². The van der Waals surface area contributed by atoms with Gasteiger partial charge in [0.25, 0.3) is 0 Å². The third-order valence-electron chi connectivity index (χ3n) is 3.25. The van der Waals surface area contributed by atoms with Crippen molar-refractivity contribution in [1.82, 2.24) is 5.32 Å². The minimum atomic E-state index is -0.861. The van der Waals surface area contributed by atoms with Crippen molar-refractivity contribution in [2.24, 2.45) is 0 Å². The molecule has 1 rings (SSSR count). The largest absolute Gasteiger partial charge is 0.480 e. The van der Waals surface area contributed by atoms with Gasteiger partial charge in [0, 0.05) is 6.04 Å². The minimum absolute atomic E-state index is 0.255. The topological polar surface area (TPSA) is 69.6 Å². The van der Waals surface area contributed by atoms with Gasteiger partial charge in [-0.05, 0) is 18.4 Å². The van der Waals surface area contributed by atoms with Crippen LogP contribution in [-0.2, 0) is 4.79 Å². The fourth-order valence-electron chi connectivity index (χ4n) is 2.14. The summed E-state index contributed by atoms with van der Waals surface area (Å²) in [4.78, 5) is 11.2. The van der Waals surface area contributed by atoms with E-state index >= 15 is 0 Å². The molecule has 0 aliphatic carbocycles. The lowest BCUT2D eigenvalue weighted by Crippen LogP contribution is -2.45. The van der Waals surface area contributed by atoms with Gasteiger partial charge in [-0.3, -0.25) is 10.1 Å². The molecule has 3 atom stereocenters. The molecule has 0 aromatic heterocycles. The molecule has 19 heavy (non-hydrogen) atoms. The predicted octanol–water partition coefficient (Wildman–Crippen LogP) is 2.34. The molecule has 1 aromatic carbocycles. The Balaban J connectivity index is 2.74. The number of hydrogen-bond donors (Lipinski definition) is 3. The van der Waals surface area contributed by atoms with E-state index in [1.807, 2.05) is 44.2 Å². The Bertz CT molecular complexity index is 380. The van der Waals surface area contributed by atoms with Crippen molar-refractivity contribution < 1.29 is 15.0 Å². The molecular formula is C15H23NO3. The Morgan fingerprint density at radius 2 is 1.89 bits per heavy atom. The zero-order valence-electron chi connectivity index (χ0n) is 11.5. The highest BCUT2D eigenvalue weighted by molar-refractivity contribution is 5.73. The third kappa shape index (κ3) is 4.65. The van der Waals surface area contributed by atoms with Crippen LogP contribution in [0.3, 0.4) is 0 Å². The van der Waals surface area contributed by atoms with E-state index in [1.165, 1.54) is 0 Å². The first-order valence-electron chi connectivity index (χ1n) is 6.82. The van der Waals surface area contributed by atoms with Crippen LogP contribution in [0, 0.1) is 0 Å². The second kappa shape index (κ2) is 7.92. The van der Waals surface area contributed by atoms with Crippen molar-refractivity contribution in [2.45, 2.75) is 51.3 Å². The van der Waals surface area contributed by atoms with Crippen molar-refractivity contribution in [3.05, 3.63) is 35.9 Å². The van der Waals surface area contributed by atoms with Gasteiger partial charge in [-0.25, -0.2) is 0 Å². The first kappa shape index (κ1) is 15.7. The summed E-state index contributed by atoms with van der Waals surface area (Å²) in [5.41, 5.74) is 0.808. The lowest BCUT2D eigenvalue weighted by Gasteiger charge is -2.26. The molecule has 0 bridgehead atoms. The van der Waals surface area contributed by atoms with Gasteiger partial charge < -0.3 is 10.2 Å². The average molecular weight is 265 g/mol. The molecule has 0 amide bonds. The summed E-state index contributed by atoms with van der Waals surface area (Å²) in [7, 11) is 0. The number of carboxylic acid groups (broad SMARTS) is 1. The van der Waals surface area contributed by atoms with Gasteiger partial charge in [-0.15, -0.1) is 0 Å². The number of aliphatic hydroxyl groups excluding tert-OH is 1. The number of nitrogens with one attached hydrogen (secondary N) is 1. The van der Waals surface area contributed by atoms with Crippen LogP contribution in [0.15, 0.2) is 30.3 Å². The maximum atomic E-state index is 11.2. The molecule has 4 heteroatoms. The lowest BCUT2D eigenvalue weighted by molar-refractivity contribution is -0.140. The molecule has 0 saturated heterocycles. The molecular weight excluding hydrogens is 242 g/mol. The summed E-state index contributed by atoms with van der Waals surface area (Å²) >= 11 is 0. The van der Waals surface area contributed by atoms with E-state index in [2.05, 4.69) is 5.32 Å². The number of carboxylic acids is 1. The number of hydrogen-bond acceptors (Lipinski definition) is 3. The molecule has 0 saturated carbocycles. The Hall–Kier alpha value is -1.39. The fourth-order valence-corrected chi connectivity index (χ4v) is 2.14. The van der Waals surface area contributed by atoms with E-state index in [4.69, 9.17) is 5.11 Å². The highest BCUT2D eigenvalue weighted by Gasteiger charge is 2.25. The number of benzene rings is 1. The first-order chi connectivity index (χ1) is 9.10. The number of aliphatic carboxylic acids is 1. The number of rotatable bonds is 8. The number of aliphatic hydroxyl groups is 1. The molecule has 106 valence electrons. The van der Waals surface area contributed by atoms with Crippen molar-refractivity contribution in [3.8, 4) is 0 Å². The van der Waals surface area contributed by atoms with Crippen LogP contribution in [0.25, 0.3) is 0 Å². The molecule has 0 aliphatic heterocycles. The van der Waals surface area contributed by atoms with Gasteiger partial charge in [0.1, 0.15) is 6.04 Å². The normalized spacial score (nSPS) is 15.7. The second-order valence-electron chi connectivity index (χ2n) is 4.72. The van der Waals surface area contributed by atoms with E-state index in [1.54, 1.807) is 0 Å². The highest BCUT2D eigenvalue weighted by Crippen LogP contribution is 2.19. The Kier molecular flexibility index (Phi) is 6.53. The summed E-state index contributed by atoms with van der Waals surface area (Å²) in [6, 6.07) is 8.47. The van der Waals surface area contributed by atoms with Gasteiger partial charge in [-0.1, -0.05) is 50.6 Å². The lowest BCUT2D eigenvalue weighted by atomic mass is 9.99. The SMILES string of the molecule is CCCC(NC(CC)C(O)c1ccccc1)C(=O)O. The molecule has 3 unspecified atom stereocenters. The van der Waals surface area contributed by atoms with E-state index < -0.39 is 18.1 Å². The van der Waals surface area contributed by atoms with E-state index in [-0.39, 0.29) is 6.04 Å². The quantitative estimate of drug-likeness (QED) is 0.675. The van der Waals surface area contributed by atoms with E-state index in [0.717, 1.165) is 12.0 Å². The first-order valence-corrected chi connectivity index (χ1v) is 6.82. The third-order valence-corrected chi connectivity index (χ3v) is 3.25. The van der Waals surface area contributed by atoms with Crippen LogP contribution in [0.4, 0.5) is 0 Å². The van der Waals surface area contributed by atoms with Crippen LogP contribution < -0.4 is 5.32 Å². The monoisotopic (exact) mass is 265 g/mol. The van der Waals surface area contributed by atoms with E-state index in [9.17, 15) is 9.90 Å². The van der Waals surface area contributed by atoms with Gasteiger partial charge in [-0.2, -0.15) is 0 Å². The molecule has 0 spiro atoms. The summed E-state index contributed by atoms with van der Waals surface area (Å²) in [6.07, 6.45) is 1.34. The van der Waals surface area contributed by atoms with Crippen LogP contribution in [0.5, 0.6) is 0 Å². The van der Waals surface area contributed by atoms with E-state index in [0.29, 0.717) is 12.8 Å². The van der Waals surface area contributed by atoms with Crippen LogP contribution >= 0.6 is 0 Å². The van der Waals surface area contributed by atoms with Crippen LogP contribution in [0.2, 0.25) is 0 Å². The molecule has 1 aromatic rings. The summed E-state index contributed by atoms with van der Waals surface area (Å²) < 4.78 is 0. The smallest absolute Gasteiger partial charge is 0.320 e. The van der Waals surface area contributed by atoms with Gasteiger partial charge in [0.15, 0.2) is 0 Å². The van der Waals surface area contributed by atoms with Crippen LogP contribution in [-0.4, -0.2) is 28.3 Å². The highest BCUT2D eigenvalue weighted by atomic mass is 16.4. The van der Waals surface area contributed by atoms with Crippen LogP contribution in [0.1, 0.15) is 44.8 Å². The average Bonchev–Trinajstić information content (AvgIpc) is 2.43. The molecule has 0 heterocycles. The zero-order chi connectivity index (χ0) is 14.3. The van der Waals surface area contributed by atoms with Crippen molar-refractivity contribution >= 4 is 5.97 Å². The van der Waals surface area contributed by atoms with Crippen molar-refractivity contribution in [1.29, 1.82) is 0 Å². The Labute approximate surface area is 114 Å². The second-order valence-corrected chi connectivity index (χ2v) is 4.72. The predicted molar refractivity (Wildman–Crippen MR) is 74.9 cm³/mol. The van der Waals surface area contributed by atoms with Gasteiger partial charge in [0.05, 0.1) is 6.10 Å². The summed E-state index contributed by atoms with van der Waals surface area (Å²) in [5, 5.41) is 22.5. The molecule has 0 fully saturated rings. The van der Waals surface area contributed by atoms with Gasteiger partial charge >= 0.3 is 5.97 Å². The maximum absolute atomic E-state index is 11.2.